The second kappa shape index (κ2) is 5.09. The number of pyridine rings is 1. The molecule has 0 aromatic carbocycles. The molecule has 7 nitrogen and oxygen atoms in total. The third kappa shape index (κ3) is 2.20. The first-order valence-electron chi connectivity index (χ1n) is 6.72. The summed E-state index contributed by atoms with van der Waals surface area (Å²) in [5, 5.41) is 16.3. The topological polar surface area (TPSA) is 83.3 Å². The van der Waals surface area contributed by atoms with E-state index in [1.165, 1.54) is 12.6 Å². The molecule has 106 valence electrons. The molecule has 2 aromatic rings. The lowest BCUT2D eigenvalue weighted by Crippen LogP contribution is -2.35. The Morgan fingerprint density at radius 1 is 1.30 bits per heavy atom. The number of nitrogens with zero attached hydrogens (tertiary/aromatic N) is 4. The van der Waals surface area contributed by atoms with E-state index in [2.05, 4.69) is 20.5 Å². The predicted molar refractivity (Wildman–Crippen MR) is 74.5 cm³/mol. The molecule has 1 fully saturated rings. The van der Waals surface area contributed by atoms with Gasteiger partial charge in [0.1, 0.15) is 5.56 Å². The van der Waals surface area contributed by atoms with Crippen molar-refractivity contribution in [3.8, 4) is 0 Å². The third-order valence-electron chi connectivity index (χ3n) is 3.62. The highest BCUT2D eigenvalue weighted by Crippen LogP contribution is 2.26. The molecule has 7 heteroatoms. The molecule has 0 atom stereocenters. The normalized spacial score (nSPS) is 16.4. The number of rotatable bonds is 3. The zero-order chi connectivity index (χ0) is 14.1. The standard InChI is InChI=1S/C13H17N5O2/c1-17-12-9(8-15-17)11(10(7-14-12)13(19)20)16-18-5-3-2-4-6-18/h7-8H,2-6H2,1H3,(H,14,16)(H,19,20). The summed E-state index contributed by atoms with van der Waals surface area (Å²) in [7, 11) is 1.79. The smallest absolute Gasteiger partial charge is 0.339 e. The molecular weight excluding hydrogens is 258 g/mol. The number of fused-ring (bicyclic) bond motifs is 1. The number of anilines is 1. The first-order chi connectivity index (χ1) is 9.66. The Hall–Kier alpha value is -2.15. The van der Waals surface area contributed by atoms with Gasteiger partial charge in [0.05, 0.1) is 17.3 Å². The van der Waals surface area contributed by atoms with Gasteiger partial charge >= 0.3 is 5.97 Å². The molecule has 0 aliphatic carbocycles. The molecule has 2 aromatic heterocycles. The lowest BCUT2D eigenvalue weighted by atomic mass is 10.1. The molecule has 0 spiro atoms. The van der Waals surface area contributed by atoms with Crippen molar-refractivity contribution in [3.05, 3.63) is 18.0 Å². The number of piperidine rings is 1. The van der Waals surface area contributed by atoms with Gasteiger partial charge in [-0.05, 0) is 12.8 Å². The van der Waals surface area contributed by atoms with Crippen LogP contribution >= 0.6 is 0 Å². The number of nitrogens with one attached hydrogen (secondary N) is 1. The maximum absolute atomic E-state index is 11.4. The monoisotopic (exact) mass is 275 g/mol. The van der Waals surface area contributed by atoms with Gasteiger partial charge in [-0.1, -0.05) is 6.42 Å². The summed E-state index contributed by atoms with van der Waals surface area (Å²) in [6.07, 6.45) is 6.51. The Bertz CT molecular complexity index is 645. The fourth-order valence-electron chi connectivity index (χ4n) is 2.54. The molecule has 3 rings (SSSR count). The van der Waals surface area contributed by atoms with Crippen LogP contribution in [0.25, 0.3) is 11.0 Å². The van der Waals surface area contributed by atoms with Gasteiger partial charge in [-0.2, -0.15) is 5.10 Å². The van der Waals surface area contributed by atoms with Crippen molar-refractivity contribution < 1.29 is 9.90 Å². The average molecular weight is 275 g/mol. The van der Waals surface area contributed by atoms with Gasteiger partial charge in [0.2, 0.25) is 0 Å². The van der Waals surface area contributed by atoms with E-state index in [-0.39, 0.29) is 5.56 Å². The predicted octanol–water partition coefficient (Wildman–Crippen LogP) is 1.48. The van der Waals surface area contributed by atoms with E-state index < -0.39 is 5.97 Å². The Balaban J connectivity index is 2.04. The zero-order valence-corrected chi connectivity index (χ0v) is 11.3. The first-order valence-corrected chi connectivity index (χ1v) is 6.72. The molecule has 0 saturated carbocycles. The van der Waals surface area contributed by atoms with Gasteiger partial charge in [0.25, 0.3) is 0 Å². The SMILES string of the molecule is Cn1ncc2c(NN3CCCCC3)c(C(=O)O)cnc21. The highest BCUT2D eigenvalue weighted by atomic mass is 16.4. The largest absolute Gasteiger partial charge is 0.478 e. The van der Waals surface area contributed by atoms with Crippen molar-refractivity contribution in [2.45, 2.75) is 19.3 Å². The van der Waals surface area contributed by atoms with Crippen LogP contribution < -0.4 is 5.43 Å². The van der Waals surface area contributed by atoms with E-state index in [0.29, 0.717) is 11.3 Å². The summed E-state index contributed by atoms with van der Waals surface area (Å²) >= 11 is 0. The van der Waals surface area contributed by atoms with Crippen LogP contribution in [0.5, 0.6) is 0 Å². The molecule has 2 N–H and O–H groups in total. The molecule has 0 radical (unpaired) electrons. The van der Waals surface area contributed by atoms with Crippen molar-refractivity contribution in [3.63, 3.8) is 0 Å². The Kier molecular flexibility index (Phi) is 3.27. The van der Waals surface area contributed by atoms with Gasteiger partial charge in [0.15, 0.2) is 5.65 Å². The minimum Gasteiger partial charge on any atom is -0.478 e. The summed E-state index contributed by atoms with van der Waals surface area (Å²) in [5.74, 6) is -0.984. The zero-order valence-electron chi connectivity index (χ0n) is 11.3. The quantitative estimate of drug-likeness (QED) is 0.882. The maximum atomic E-state index is 11.4. The second-order valence-electron chi connectivity index (χ2n) is 5.02. The van der Waals surface area contributed by atoms with E-state index in [0.717, 1.165) is 31.3 Å². The third-order valence-corrected chi connectivity index (χ3v) is 3.62. The van der Waals surface area contributed by atoms with Crippen LogP contribution in [0.15, 0.2) is 12.4 Å². The molecule has 1 aliphatic heterocycles. The number of hydrogen-bond acceptors (Lipinski definition) is 5. The van der Waals surface area contributed by atoms with Crippen LogP contribution in [0.1, 0.15) is 29.6 Å². The van der Waals surface area contributed by atoms with Crippen LogP contribution in [0.2, 0.25) is 0 Å². The Morgan fingerprint density at radius 3 is 2.75 bits per heavy atom. The number of carbonyl (C=O) groups is 1. The Morgan fingerprint density at radius 2 is 2.05 bits per heavy atom. The molecule has 1 aliphatic rings. The van der Waals surface area contributed by atoms with Gasteiger partial charge in [-0.25, -0.2) is 14.8 Å². The van der Waals surface area contributed by atoms with E-state index in [1.807, 2.05) is 0 Å². The second-order valence-corrected chi connectivity index (χ2v) is 5.02. The van der Waals surface area contributed by atoms with E-state index in [9.17, 15) is 9.90 Å². The number of hydrazine groups is 1. The summed E-state index contributed by atoms with van der Waals surface area (Å²) < 4.78 is 1.64. The maximum Gasteiger partial charge on any atom is 0.339 e. The van der Waals surface area contributed by atoms with Crippen LogP contribution in [0, 0.1) is 0 Å². The average Bonchev–Trinajstić information content (AvgIpc) is 2.82. The lowest BCUT2D eigenvalue weighted by molar-refractivity contribution is 0.0697. The highest BCUT2D eigenvalue weighted by molar-refractivity contribution is 6.03. The molecule has 0 unspecified atom stereocenters. The summed E-state index contributed by atoms with van der Waals surface area (Å²) in [4.78, 5) is 15.6. The van der Waals surface area contributed by atoms with Crippen LogP contribution in [0.3, 0.4) is 0 Å². The van der Waals surface area contributed by atoms with Gasteiger partial charge in [-0.15, -0.1) is 0 Å². The van der Waals surface area contributed by atoms with Crippen molar-refractivity contribution in [2.24, 2.45) is 7.05 Å². The number of hydrogen-bond donors (Lipinski definition) is 2. The summed E-state index contributed by atoms with van der Waals surface area (Å²) in [5.41, 5.74) is 4.68. The molecule has 20 heavy (non-hydrogen) atoms. The van der Waals surface area contributed by atoms with Crippen molar-refractivity contribution >= 4 is 22.7 Å². The fraction of sp³-hybridized carbons (Fsp3) is 0.462. The van der Waals surface area contributed by atoms with Crippen LogP contribution in [-0.2, 0) is 7.05 Å². The van der Waals surface area contributed by atoms with Crippen LogP contribution in [0.4, 0.5) is 5.69 Å². The number of aromatic carboxylic acids is 1. The van der Waals surface area contributed by atoms with Gasteiger partial charge < -0.3 is 10.5 Å². The number of aryl methyl sites for hydroxylation is 1. The molecular formula is C13H17N5O2. The summed E-state index contributed by atoms with van der Waals surface area (Å²) in [6, 6.07) is 0. The molecule has 0 amide bonds. The Labute approximate surface area is 116 Å². The van der Waals surface area contributed by atoms with Gasteiger partial charge in [-0.3, -0.25) is 4.68 Å². The van der Waals surface area contributed by atoms with Crippen LogP contribution in [-0.4, -0.2) is 43.9 Å². The highest BCUT2D eigenvalue weighted by Gasteiger charge is 2.19. The number of carboxylic acid groups (broad SMARTS) is 1. The fourth-order valence-corrected chi connectivity index (χ4v) is 2.54. The molecule has 3 heterocycles. The molecule has 1 saturated heterocycles. The minimum atomic E-state index is -0.984. The van der Waals surface area contributed by atoms with Crippen molar-refractivity contribution in [1.82, 2.24) is 19.8 Å². The van der Waals surface area contributed by atoms with Crippen molar-refractivity contribution in [2.75, 3.05) is 18.5 Å². The van der Waals surface area contributed by atoms with E-state index in [1.54, 1.807) is 17.9 Å². The van der Waals surface area contributed by atoms with Crippen molar-refractivity contribution in [1.29, 1.82) is 0 Å². The lowest BCUT2D eigenvalue weighted by Gasteiger charge is -2.28. The first kappa shape index (κ1) is 12.9. The minimum absolute atomic E-state index is 0.177. The van der Waals surface area contributed by atoms with Gasteiger partial charge in [0, 0.05) is 26.3 Å². The summed E-state index contributed by atoms with van der Waals surface area (Å²) in [6.45, 7) is 1.84. The van der Waals surface area contributed by atoms with E-state index in [4.69, 9.17) is 0 Å². The van der Waals surface area contributed by atoms with E-state index >= 15 is 0 Å². The number of carboxylic acids is 1. The molecule has 0 bridgehead atoms. The number of aromatic nitrogens is 3.